The van der Waals surface area contributed by atoms with Gasteiger partial charge in [0.25, 0.3) is 5.79 Å². The van der Waals surface area contributed by atoms with Gasteiger partial charge in [-0.1, -0.05) is 212 Å². The summed E-state index contributed by atoms with van der Waals surface area (Å²) in [5.74, 6) is -6.17. The molecule has 89 heavy (non-hydrogen) atoms. The molecule has 3 saturated heterocycles. The first-order valence-corrected chi connectivity index (χ1v) is 34.2. The van der Waals surface area contributed by atoms with Gasteiger partial charge >= 0.3 is 5.97 Å². The highest BCUT2D eigenvalue weighted by Gasteiger charge is 2.60. The van der Waals surface area contributed by atoms with Crippen molar-refractivity contribution in [1.29, 1.82) is 0 Å². The Morgan fingerprint density at radius 1 is 0.584 bits per heavy atom. The summed E-state index contributed by atoms with van der Waals surface area (Å²) in [4.78, 5) is 38.5. The zero-order valence-corrected chi connectivity index (χ0v) is 54.0. The summed E-state index contributed by atoms with van der Waals surface area (Å²) in [5, 5.41) is 136. The van der Waals surface area contributed by atoms with E-state index in [1.807, 2.05) is 12.2 Å². The lowest BCUT2D eigenvalue weighted by Crippen LogP contribution is -2.70. The van der Waals surface area contributed by atoms with Crippen LogP contribution in [0.15, 0.2) is 24.3 Å². The van der Waals surface area contributed by atoms with Crippen LogP contribution in [0.2, 0.25) is 0 Å². The Kier molecular flexibility index (Phi) is 42.6. The number of allylic oxidation sites excluding steroid dienone is 4. The van der Waals surface area contributed by atoms with E-state index in [9.17, 15) is 75.7 Å². The molecule has 23 heteroatoms. The maximum absolute atomic E-state index is 13.4. The predicted octanol–water partition coefficient (Wildman–Crippen LogP) is 5.67. The van der Waals surface area contributed by atoms with Gasteiger partial charge in [-0.2, -0.15) is 0 Å². The summed E-state index contributed by atoms with van der Waals surface area (Å²) < 4.78 is 34.8. The van der Waals surface area contributed by atoms with Gasteiger partial charge in [0.05, 0.1) is 50.7 Å². The van der Waals surface area contributed by atoms with Crippen molar-refractivity contribution >= 4 is 17.8 Å². The topological polar surface area (TPSA) is 373 Å². The van der Waals surface area contributed by atoms with Crippen LogP contribution in [0.25, 0.3) is 0 Å². The molecule has 520 valence electrons. The van der Waals surface area contributed by atoms with Gasteiger partial charge in [0, 0.05) is 19.8 Å². The number of aliphatic carboxylic acids is 1. The highest BCUT2D eigenvalue weighted by molar-refractivity contribution is 5.77. The van der Waals surface area contributed by atoms with Gasteiger partial charge < -0.3 is 100 Å². The lowest BCUT2D eigenvalue weighted by Gasteiger charge is -2.50. The third kappa shape index (κ3) is 30.0. The van der Waals surface area contributed by atoms with Gasteiger partial charge in [-0.15, -0.1) is 0 Å². The van der Waals surface area contributed by atoms with Crippen LogP contribution in [0.1, 0.15) is 239 Å². The van der Waals surface area contributed by atoms with E-state index in [0.717, 1.165) is 51.9 Å². The van der Waals surface area contributed by atoms with Crippen LogP contribution in [0.3, 0.4) is 0 Å². The first-order chi connectivity index (χ1) is 42.9. The van der Waals surface area contributed by atoms with Gasteiger partial charge in [0.15, 0.2) is 12.6 Å². The summed E-state index contributed by atoms with van der Waals surface area (Å²) in [6.45, 7) is 2.15. The van der Waals surface area contributed by atoms with E-state index in [1.54, 1.807) is 0 Å². The monoisotopic (exact) mass is 1280 g/mol. The van der Waals surface area contributed by atoms with Crippen molar-refractivity contribution in [1.82, 2.24) is 10.6 Å². The summed E-state index contributed by atoms with van der Waals surface area (Å²) in [7, 11) is 0. The molecule has 3 aliphatic rings. The first-order valence-electron chi connectivity index (χ1n) is 34.2. The molecule has 3 aliphatic heterocycles. The third-order valence-corrected chi connectivity index (χ3v) is 17.4. The largest absolute Gasteiger partial charge is 0.477 e. The zero-order chi connectivity index (χ0) is 65.4. The molecule has 14 N–H and O–H groups in total. The lowest BCUT2D eigenvalue weighted by molar-refractivity contribution is -0.386. The maximum Gasteiger partial charge on any atom is 0.364 e. The highest BCUT2D eigenvalue weighted by atomic mass is 16.8. The SMILES string of the molecule is CCCCCCCC/C=C\C/C=C\CCC(=O)NC(COC1OC(CO)C(OC2OC(CO)C(O)C(OC3(C(=O)O)CC(O)C(NC(C)=O)C(C(O)C(O)CO)O3)C2O)C(O)C1O)C(O)CCCCCCCCCCCCCCCCCCCCCCCC. The van der Waals surface area contributed by atoms with Crippen molar-refractivity contribution in [2.75, 3.05) is 26.4 Å². The number of aliphatic hydroxyl groups is 11. The molecule has 18 unspecified atom stereocenters. The number of unbranched alkanes of at least 4 members (excludes halogenated alkanes) is 27. The van der Waals surface area contributed by atoms with Crippen LogP contribution in [0.4, 0.5) is 0 Å². The molecule has 0 bridgehead atoms. The minimum atomic E-state index is -3.08. The van der Waals surface area contributed by atoms with Crippen molar-refractivity contribution in [3.63, 3.8) is 0 Å². The number of aliphatic hydroxyl groups excluding tert-OH is 11. The second kappa shape index (κ2) is 47.1. The molecular weight excluding hydrogens is 1160 g/mol. The summed E-state index contributed by atoms with van der Waals surface area (Å²) in [6, 6.07) is -2.56. The number of carboxylic acid groups (broad SMARTS) is 1. The summed E-state index contributed by atoms with van der Waals surface area (Å²) in [6.07, 6.45) is 16.4. The van der Waals surface area contributed by atoms with E-state index in [4.69, 9.17) is 28.4 Å². The molecular formula is C66H120N2O21. The molecule has 23 nitrogen and oxygen atoms in total. The molecule has 0 saturated carbocycles. The van der Waals surface area contributed by atoms with Gasteiger partial charge in [0.1, 0.15) is 67.1 Å². The first kappa shape index (κ1) is 80.4. The molecule has 3 heterocycles. The normalized spacial score (nSPS) is 28.9. The lowest BCUT2D eigenvalue weighted by atomic mass is 9.88. The number of ether oxygens (including phenoxy) is 6. The minimum Gasteiger partial charge on any atom is -0.477 e. The maximum atomic E-state index is 13.4. The van der Waals surface area contributed by atoms with Gasteiger partial charge in [-0.05, 0) is 32.1 Å². The Balaban J connectivity index is 1.60. The van der Waals surface area contributed by atoms with Crippen LogP contribution < -0.4 is 10.6 Å². The Hall–Kier alpha value is -2.79. The number of carboxylic acids is 1. The van der Waals surface area contributed by atoms with Crippen molar-refractivity contribution in [3.8, 4) is 0 Å². The number of hydrogen-bond acceptors (Lipinski definition) is 20. The molecule has 0 aromatic heterocycles. The fraction of sp³-hybridized carbons (Fsp3) is 0.894. The number of carbonyl (C=O) groups is 3. The average Bonchev–Trinajstić information content (AvgIpc) is 2.61. The van der Waals surface area contributed by atoms with Crippen LogP contribution >= 0.6 is 0 Å². The second-order valence-corrected chi connectivity index (χ2v) is 25.0. The Labute approximate surface area is 530 Å². The number of carbonyl (C=O) groups excluding carboxylic acids is 2. The Bertz CT molecular complexity index is 1900. The van der Waals surface area contributed by atoms with E-state index >= 15 is 0 Å². The third-order valence-electron chi connectivity index (χ3n) is 17.4. The van der Waals surface area contributed by atoms with Crippen molar-refractivity contribution in [3.05, 3.63) is 24.3 Å². The molecule has 0 spiro atoms. The molecule has 0 aromatic rings. The molecule has 3 fully saturated rings. The van der Waals surface area contributed by atoms with Crippen LogP contribution in [0.5, 0.6) is 0 Å². The summed E-state index contributed by atoms with van der Waals surface area (Å²) in [5.41, 5.74) is 0. The zero-order valence-electron chi connectivity index (χ0n) is 54.0. The van der Waals surface area contributed by atoms with E-state index in [2.05, 4.69) is 36.6 Å². The van der Waals surface area contributed by atoms with Crippen LogP contribution in [0, 0.1) is 0 Å². The number of rotatable bonds is 51. The minimum absolute atomic E-state index is 0.117. The quantitative estimate of drug-likeness (QED) is 0.0257. The fourth-order valence-electron chi connectivity index (χ4n) is 11.9. The average molecular weight is 1280 g/mol. The van der Waals surface area contributed by atoms with E-state index in [1.165, 1.54) is 141 Å². The number of nitrogens with one attached hydrogen (secondary N) is 2. The highest BCUT2D eigenvalue weighted by Crippen LogP contribution is 2.39. The molecule has 0 aromatic carbocycles. The standard InChI is InChI=1S/C66H120N2O21/c1-4-6-8-10-12-14-16-18-19-20-21-22-23-24-25-26-28-29-31-33-35-37-39-48(73)47(68-53(76)40-38-36-34-32-30-27-17-15-13-11-9-7-5-2)45-84-63-58(80)57(79)60(52(44-71)86-63)87-64-59(81)62(56(78)51(43-70)85-64)89-66(65(82)83)41-49(74)54(67-46(3)72)61(88-66)55(77)50(75)42-69/h27,30,34,36,47-52,54-64,69-71,73-75,77-81H,4-26,28-29,31-33,35,37-45H2,1-3H3,(H,67,72)(H,68,76)(H,82,83)/b30-27-,36-34-. The van der Waals surface area contributed by atoms with Gasteiger partial charge in [-0.25, -0.2) is 4.79 Å². The number of amides is 2. The fourth-order valence-corrected chi connectivity index (χ4v) is 11.9. The van der Waals surface area contributed by atoms with E-state index in [-0.39, 0.29) is 12.3 Å². The second-order valence-electron chi connectivity index (χ2n) is 25.0. The smallest absolute Gasteiger partial charge is 0.364 e. The van der Waals surface area contributed by atoms with Gasteiger partial charge in [-0.3, -0.25) is 9.59 Å². The van der Waals surface area contributed by atoms with Crippen LogP contribution in [-0.4, -0.2) is 215 Å². The molecule has 18 atom stereocenters. The molecule has 0 radical (unpaired) electrons. The Morgan fingerprint density at radius 2 is 1.08 bits per heavy atom. The Morgan fingerprint density at radius 3 is 1.57 bits per heavy atom. The van der Waals surface area contributed by atoms with Crippen LogP contribution in [-0.2, 0) is 42.8 Å². The molecule has 3 rings (SSSR count). The van der Waals surface area contributed by atoms with Crippen molar-refractivity contribution < 1.29 is 104 Å². The number of hydrogen-bond donors (Lipinski definition) is 14. The predicted molar refractivity (Wildman–Crippen MR) is 334 cm³/mol. The van der Waals surface area contributed by atoms with E-state index in [0.29, 0.717) is 19.3 Å². The van der Waals surface area contributed by atoms with Gasteiger partial charge in [0.2, 0.25) is 11.8 Å². The van der Waals surface area contributed by atoms with E-state index < -0.39 is 155 Å². The summed E-state index contributed by atoms with van der Waals surface area (Å²) >= 11 is 0. The van der Waals surface area contributed by atoms with Crippen molar-refractivity contribution in [2.45, 2.75) is 349 Å². The molecule has 2 amide bonds. The molecule has 0 aliphatic carbocycles. The van der Waals surface area contributed by atoms with Crippen molar-refractivity contribution in [2.24, 2.45) is 0 Å².